The first-order valence-electron chi connectivity index (χ1n) is 7.34. The lowest BCUT2D eigenvalue weighted by atomic mass is 10.2. The van der Waals surface area contributed by atoms with Gasteiger partial charge in [0.1, 0.15) is 0 Å². The standard InChI is InChI=1S/C15H30BrNOSSi/c1-10(2)20(11(3)4,12(5)6)18-14(8-13(7)16)9-15(17)19/h8,10-12,14H,9H2,1-7H3,(H2,17,19)/b13-8-/t14-/m0/s1. The number of hydrogen-bond donors (Lipinski definition) is 1. The number of halogens is 1. The van der Waals surface area contributed by atoms with E-state index in [4.69, 9.17) is 22.4 Å². The van der Waals surface area contributed by atoms with Crippen LogP contribution in [0.15, 0.2) is 10.6 Å². The summed E-state index contributed by atoms with van der Waals surface area (Å²) in [5.41, 5.74) is 7.41. The predicted molar refractivity (Wildman–Crippen MR) is 100 cm³/mol. The van der Waals surface area contributed by atoms with Gasteiger partial charge in [0, 0.05) is 6.42 Å². The Kier molecular flexibility index (Phi) is 8.79. The highest BCUT2D eigenvalue weighted by Gasteiger charge is 2.46. The first-order valence-corrected chi connectivity index (χ1v) is 10.7. The minimum atomic E-state index is -1.90. The zero-order valence-corrected chi connectivity index (χ0v) is 17.3. The molecule has 0 aromatic rings. The van der Waals surface area contributed by atoms with Crippen molar-refractivity contribution in [2.45, 2.75) is 77.6 Å². The Morgan fingerprint density at radius 2 is 1.55 bits per heavy atom. The van der Waals surface area contributed by atoms with Gasteiger partial charge in [-0.15, -0.1) is 0 Å². The minimum absolute atomic E-state index is 0.0225. The van der Waals surface area contributed by atoms with E-state index in [9.17, 15) is 0 Å². The molecule has 2 N–H and O–H groups in total. The van der Waals surface area contributed by atoms with E-state index in [1.54, 1.807) is 0 Å². The van der Waals surface area contributed by atoms with Crippen molar-refractivity contribution in [2.24, 2.45) is 5.73 Å². The van der Waals surface area contributed by atoms with Crippen LogP contribution in [0.5, 0.6) is 0 Å². The summed E-state index contributed by atoms with van der Waals surface area (Å²) >= 11 is 8.58. The van der Waals surface area contributed by atoms with Crippen LogP contribution in [0.25, 0.3) is 0 Å². The van der Waals surface area contributed by atoms with Gasteiger partial charge in [-0.3, -0.25) is 0 Å². The number of allylic oxidation sites excluding steroid dienone is 1. The summed E-state index contributed by atoms with van der Waals surface area (Å²) in [4.78, 5) is 0.513. The summed E-state index contributed by atoms with van der Waals surface area (Å²) in [6.45, 7) is 15.7. The van der Waals surface area contributed by atoms with E-state index in [-0.39, 0.29) is 6.10 Å². The first kappa shape index (κ1) is 20.3. The SMILES string of the molecule is C/C(Br)=C/[C@@H](CC(N)=S)O[Si](C(C)C)(C(C)C)C(C)C. The van der Waals surface area contributed by atoms with Crippen LogP contribution in [0.2, 0.25) is 16.6 Å². The van der Waals surface area contributed by atoms with Crippen molar-refractivity contribution >= 4 is 41.5 Å². The zero-order chi connectivity index (χ0) is 16.1. The molecule has 0 aromatic heterocycles. The van der Waals surface area contributed by atoms with E-state index in [0.29, 0.717) is 28.0 Å². The fraction of sp³-hybridized carbons (Fsp3) is 0.800. The van der Waals surface area contributed by atoms with E-state index in [2.05, 4.69) is 63.5 Å². The molecule has 0 saturated carbocycles. The molecule has 0 aliphatic rings. The molecule has 118 valence electrons. The van der Waals surface area contributed by atoms with Gasteiger partial charge in [0.25, 0.3) is 0 Å². The molecule has 20 heavy (non-hydrogen) atoms. The smallest absolute Gasteiger partial charge is 0.201 e. The maximum Gasteiger partial charge on any atom is 0.201 e. The van der Waals surface area contributed by atoms with Gasteiger partial charge in [0.05, 0.1) is 11.1 Å². The Morgan fingerprint density at radius 3 is 1.80 bits per heavy atom. The second-order valence-corrected chi connectivity index (χ2v) is 13.6. The third kappa shape index (κ3) is 5.58. The summed E-state index contributed by atoms with van der Waals surface area (Å²) in [6, 6.07) is 0. The molecular weight excluding hydrogens is 350 g/mol. The number of rotatable bonds is 8. The second kappa shape index (κ2) is 8.66. The number of hydrogen-bond acceptors (Lipinski definition) is 2. The normalized spacial score (nSPS) is 15.2. The van der Waals surface area contributed by atoms with Crippen molar-refractivity contribution in [3.05, 3.63) is 10.6 Å². The fourth-order valence-electron chi connectivity index (χ4n) is 3.26. The first-order chi connectivity index (χ1) is 9.03. The second-order valence-electron chi connectivity index (χ2n) is 6.40. The van der Waals surface area contributed by atoms with E-state index < -0.39 is 8.32 Å². The molecule has 0 fully saturated rings. The maximum atomic E-state index is 6.71. The molecule has 0 spiro atoms. The number of thiocarbonyl (C=S) groups is 1. The summed E-state index contributed by atoms with van der Waals surface area (Å²) in [5, 5.41) is 0. The Bertz CT molecular complexity index is 330. The molecule has 2 nitrogen and oxygen atoms in total. The van der Waals surface area contributed by atoms with Crippen molar-refractivity contribution < 1.29 is 4.43 Å². The average Bonchev–Trinajstić information content (AvgIpc) is 2.21. The largest absolute Gasteiger partial charge is 0.409 e. The van der Waals surface area contributed by atoms with Crippen LogP contribution in [0, 0.1) is 0 Å². The lowest BCUT2D eigenvalue weighted by Gasteiger charge is -2.44. The van der Waals surface area contributed by atoms with E-state index >= 15 is 0 Å². The molecule has 0 heterocycles. The lowest BCUT2D eigenvalue weighted by molar-refractivity contribution is 0.223. The Morgan fingerprint density at radius 1 is 1.15 bits per heavy atom. The Hall–Kier alpha value is 0.287. The molecule has 0 radical (unpaired) electrons. The van der Waals surface area contributed by atoms with Gasteiger partial charge in [-0.25, -0.2) is 0 Å². The lowest BCUT2D eigenvalue weighted by Crippen LogP contribution is -2.50. The molecule has 1 atom stereocenters. The third-order valence-electron chi connectivity index (χ3n) is 3.88. The molecule has 0 aliphatic heterocycles. The average molecular weight is 380 g/mol. The zero-order valence-electron chi connectivity index (χ0n) is 13.9. The van der Waals surface area contributed by atoms with Crippen LogP contribution in [-0.2, 0) is 4.43 Å². The molecule has 0 amide bonds. The van der Waals surface area contributed by atoms with E-state index in [0.717, 1.165) is 4.48 Å². The van der Waals surface area contributed by atoms with Crippen LogP contribution < -0.4 is 5.73 Å². The van der Waals surface area contributed by atoms with Crippen molar-refractivity contribution in [3.8, 4) is 0 Å². The quantitative estimate of drug-likeness (QED) is 0.445. The molecule has 0 aromatic carbocycles. The highest BCUT2D eigenvalue weighted by atomic mass is 79.9. The van der Waals surface area contributed by atoms with Gasteiger partial charge in [-0.1, -0.05) is 69.7 Å². The molecule has 0 rings (SSSR count). The highest BCUT2D eigenvalue weighted by Crippen LogP contribution is 2.43. The van der Waals surface area contributed by atoms with Crippen LogP contribution in [0.4, 0.5) is 0 Å². The number of nitrogens with two attached hydrogens (primary N) is 1. The summed E-state index contributed by atoms with van der Waals surface area (Å²) in [6.07, 6.45) is 2.68. The van der Waals surface area contributed by atoms with E-state index in [1.165, 1.54) is 0 Å². The van der Waals surface area contributed by atoms with Gasteiger partial charge in [0.15, 0.2) is 0 Å². The molecule has 0 saturated heterocycles. The Balaban J connectivity index is 5.47. The summed E-state index contributed by atoms with van der Waals surface area (Å²) < 4.78 is 7.78. The van der Waals surface area contributed by atoms with Gasteiger partial charge >= 0.3 is 0 Å². The highest BCUT2D eigenvalue weighted by molar-refractivity contribution is 9.11. The van der Waals surface area contributed by atoms with Crippen LogP contribution in [0.3, 0.4) is 0 Å². The van der Waals surface area contributed by atoms with E-state index in [1.807, 2.05) is 6.92 Å². The molecular formula is C15H30BrNOSSi. The van der Waals surface area contributed by atoms with Gasteiger partial charge in [-0.2, -0.15) is 0 Å². The third-order valence-corrected chi connectivity index (χ3v) is 10.4. The van der Waals surface area contributed by atoms with Crippen LogP contribution >= 0.6 is 28.1 Å². The monoisotopic (exact) mass is 379 g/mol. The van der Waals surface area contributed by atoms with Crippen molar-refractivity contribution in [2.75, 3.05) is 0 Å². The molecule has 5 heteroatoms. The van der Waals surface area contributed by atoms with Crippen molar-refractivity contribution in [1.82, 2.24) is 0 Å². The minimum Gasteiger partial charge on any atom is -0.409 e. The van der Waals surface area contributed by atoms with Gasteiger partial charge in [0.2, 0.25) is 8.32 Å². The maximum absolute atomic E-state index is 6.71. The Labute approximate surface area is 139 Å². The topological polar surface area (TPSA) is 35.2 Å². The molecule has 0 aliphatic carbocycles. The van der Waals surface area contributed by atoms with Gasteiger partial charge < -0.3 is 10.2 Å². The van der Waals surface area contributed by atoms with Gasteiger partial charge in [-0.05, 0) is 34.1 Å². The summed E-state index contributed by atoms with van der Waals surface area (Å²) in [5.74, 6) is 0. The molecule has 0 bridgehead atoms. The van der Waals surface area contributed by atoms with Crippen molar-refractivity contribution in [3.63, 3.8) is 0 Å². The molecule has 0 unspecified atom stereocenters. The summed E-state index contributed by atoms with van der Waals surface area (Å²) in [7, 11) is -1.90. The van der Waals surface area contributed by atoms with Crippen molar-refractivity contribution in [1.29, 1.82) is 0 Å². The van der Waals surface area contributed by atoms with Crippen LogP contribution in [-0.4, -0.2) is 19.4 Å². The van der Waals surface area contributed by atoms with Crippen LogP contribution in [0.1, 0.15) is 54.9 Å². The fourth-order valence-corrected chi connectivity index (χ4v) is 9.21. The predicted octanol–water partition coefficient (Wildman–Crippen LogP) is 5.52.